The minimum atomic E-state index is -1.03. The van der Waals surface area contributed by atoms with Gasteiger partial charge in [-0.1, -0.05) is 71.9 Å². The first-order valence-electron chi connectivity index (χ1n) is 11.2. The van der Waals surface area contributed by atoms with Crippen LogP contribution in [0, 0.1) is 6.92 Å². The average molecular weight is 472 g/mol. The Bertz CT molecular complexity index is 1270. The zero-order valence-corrected chi connectivity index (χ0v) is 19.9. The second-order valence-electron chi connectivity index (χ2n) is 8.16. The van der Waals surface area contributed by atoms with Crippen LogP contribution in [0.5, 0.6) is 0 Å². The third-order valence-electron chi connectivity index (χ3n) is 5.40. The van der Waals surface area contributed by atoms with E-state index in [1.807, 2.05) is 81.4 Å². The summed E-state index contributed by atoms with van der Waals surface area (Å²) in [6.07, 6.45) is 1.49. The summed E-state index contributed by atoms with van der Waals surface area (Å²) in [5, 5.41) is 19.9. The van der Waals surface area contributed by atoms with Crippen molar-refractivity contribution < 1.29 is 14.7 Å². The van der Waals surface area contributed by atoms with Crippen molar-refractivity contribution in [1.82, 2.24) is 20.3 Å². The number of aromatic nitrogens is 3. The van der Waals surface area contributed by atoms with E-state index in [1.54, 1.807) is 6.07 Å². The lowest BCUT2D eigenvalue weighted by Gasteiger charge is -2.12. The number of carboxylic acid groups (broad SMARTS) is 1. The van der Waals surface area contributed by atoms with Crippen molar-refractivity contribution in [3.05, 3.63) is 113 Å². The van der Waals surface area contributed by atoms with Crippen LogP contribution in [0.25, 0.3) is 5.69 Å². The monoisotopic (exact) mass is 471 g/mol. The molecule has 0 radical (unpaired) electrons. The van der Waals surface area contributed by atoms with Crippen molar-refractivity contribution in [2.75, 3.05) is 0 Å². The van der Waals surface area contributed by atoms with Gasteiger partial charge < -0.3 is 16.2 Å². The molecule has 2 atom stereocenters. The van der Waals surface area contributed by atoms with Gasteiger partial charge in [-0.05, 0) is 49.6 Å². The molecule has 1 aromatic heterocycles. The first-order valence-corrected chi connectivity index (χ1v) is 11.2. The molecule has 0 saturated carbocycles. The summed E-state index contributed by atoms with van der Waals surface area (Å²) in [5.41, 5.74) is 9.48. The van der Waals surface area contributed by atoms with E-state index in [0.29, 0.717) is 5.69 Å². The highest BCUT2D eigenvalue weighted by Crippen LogP contribution is 2.17. The molecule has 4 rings (SSSR count). The molecule has 0 fully saturated rings. The van der Waals surface area contributed by atoms with E-state index in [2.05, 4.69) is 15.6 Å². The van der Waals surface area contributed by atoms with Gasteiger partial charge in [0.15, 0.2) is 5.69 Å². The maximum atomic E-state index is 12.4. The van der Waals surface area contributed by atoms with Gasteiger partial charge >= 0.3 is 5.97 Å². The molecule has 1 amide bonds. The quantitative estimate of drug-likeness (QED) is 0.381. The lowest BCUT2D eigenvalue weighted by atomic mass is 10.1. The molecule has 35 heavy (non-hydrogen) atoms. The maximum absolute atomic E-state index is 12.4. The lowest BCUT2D eigenvalue weighted by Crippen LogP contribution is -2.26. The highest BCUT2D eigenvalue weighted by molar-refractivity contribution is 5.92. The number of amides is 1. The fourth-order valence-corrected chi connectivity index (χ4v) is 3.33. The highest BCUT2D eigenvalue weighted by atomic mass is 16.4. The summed E-state index contributed by atoms with van der Waals surface area (Å²) >= 11 is 0. The Morgan fingerprint density at radius 3 is 2.09 bits per heavy atom. The lowest BCUT2D eigenvalue weighted by molar-refractivity contribution is 0.0696. The zero-order chi connectivity index (χ0) is 25.4. The second-order valence-corrected chi connectivity index (χ2v) is 8.16. The van der Waals surface area contributed by atoms with E-state index in [0.717, 1.165) is 11.1 Å². The maximum Gasteiger partial charge on any atom is 0.335 e. The van der Waals surface area contributed by atoms with E-state index in [1.165, 1.54) is 28.6 Å². The molecule has 1 heterocycles. The number of rotatable bonds is 6. The van der Waals surface area contributed by atoms with Crippen LogP contribution in [-0.2, 0) is 0 Å². The minimum absolute atomic E-state index is 0.143. The van der Waals surface area contributed by atoms with E-state index in [-0.39, 0.29) is 29.2 Å². The fraction of sp³-hybridized carbons (Fsp3) is 0.185. The van der Waals surface area contributed by atoms with Gasteiger partial charge in [-0.25, -0.2) is 9.48 Å². The molecule has 2 unspecified atom stereocenters. The summed E-state index contributed by atoms with van der Waals surface area (Å²) in [7, 11) is 0. The summed E-state index contributed by atoms with van der Waals surface area (Å²) in [6.45, 7) is 5.70. The van der Waals surface area contributed by atoms with Gasteiger partial charge in [-0.2, -0.15) is 0 Å². The van der Waals surface area contributed by atoms with Crippen LogP contribution in [-0.4, -0.2) is 32.0 Å². The number of carbonyl (C=O) groups is 2. The molecule has 3 aromatic carbocycles. The predicted molar refractivity (Wildman–Crippen MR) is 134 cm³/mol. The van der Waals surface area contributed by atoms with Crippen molar-refractivity contribution in [2.24, 2.45) is 5.73 Å². The Hall–Kier alpha value is -4.30. The van der Waals surface area contributed by atoms with Gasteiger partial charge in [-0.3, -0.25) is 4.79 Å². The smallest absolute Gasteiger partial charge is 0.335 e. The Morgan fingerprint density at radius 2 is 1.54 bits per heavy atom. The SMILES string of the molecule is CC(N)c1ccccc1.Cc1ccc(C(=O)O)cc1-n1cc(C(=O)NC(C)c2ccccc2)nn1. The van der Waals surface area contributed by atoms with E-state index in [9.17, 15) is 9.59 Å². The molecular weight excluding hydrogens is 442 g/mol. The van der Waals surface area contributed by atoms with Crippen molar-refractivity contribution in [1.29, 1.82) is 0 Å². The number of hydrogen-bond donors (Lipinski definition) is 3. The molecule has 0 saturated heterocycles. The van der Waals surface area contributed by atoms with Crippen LogP contribution < -0.4 is 11.1 Å². The van der Waals surface area contributed by atoms with Crippen LogP contribution in [0.1, 0.15) is 63.5 Å². The molecular formula is C27H29N5O3. The molecule has 4 aromatic rings. The number of carbonyl (C=O) groups excluding carboxylic acids is 1. The number of nitrogens with two attached hydrogens (primary N) is 1. The third-order valence-corrected chi connectivity index (χ3v) is 5.40. The number of aryl methyl sites for hydroxylation is 1. The zero-order valence-electron chi connectivity index (χ0n) is 19.9. The molecule has 0 aliphatic rings. The summed E-state index contributed by atoms with van der Waals surface area (Å²) in [4.78, 5) is 23.6. The van der Waals surface area contributed by atoms with Crippen LogP contribution in [0.4, 0.5) is 0 Å². The van der Waals surface area contributed by atoms with Crippen LogP contribution in [0.2, 0.25) is 0 Å². The standard InChI is InChI=1S/C19H18N4O3.C8H11N/c1-12-8-9-15(19(25)26)10-17(12)23-11-16(21-22-23)18(24)20-13(2)14-6-4-3-5-7-14;1-7(9)8-5-3-2-4-6-8/h3-11,13H,1-2H3,(H,20,24)(H,25,26);2-7H,9H2,1H3. The van der Waals surface area contributed by atoms with Gasteiger partial charge in [0.05, 0.1) is 23.5 Å². The van der Waals surface area contributed by atoms with Crippen LogP contribution >= 0.6 is 0 Å². The number of nitrogens with one attached hydrogen (secondary N) is 1. The van der Waals surface area contributed by atoms with Gasteiger partial charge in [0, 0.05) is 6.04 Å². The molecule has 8 nitrogen and oxygen atoms in total. The summed E-state index contributed by atoms with van der Waals surface area (Å²) in [6, 6.07) is 24.3. The first kappa shape index (κ1) is 25.3. The Kier molecular flexibility index (Phi) is 8.48. The highest BCUT2D eigenvalue weighted by Gasteiger charge is 2.16. The normalized spacial score (nSPS) is 12.1. The average Bonchev–Trinajstić information content (AvgIpc) is 3.36. The minimum Gasteiger partial charge on any atom is -0.478 e. The van der Waals surface area contributed by atoms with E-state index >= 15 is 0 Å². The largest absolute Gasteiger partial charge is 0.478 e. The predicted octanol–water partition coefficient (Wildman–Crippen LogP) is 4.47. The molecule has 0 bridgehead atoms. The van der Waals surface area contributed by atoms with E-state index < -0.39 is 5.97 Å². The van der Waals surface area contributed by atoms with Crippen LogP contribution in [0.15, 0.2) is 85.1 Å². The van der Waals surface area contributed by atoms with Gasteiger partial charge in [0.2, 0.25) is 0 Å². The van der Waals surface area contributed by atoms with Crippen molar-refractivity contribution in [3.63, 3.8) is 0 Å². The van der Waals surface area contributed by atoms with Gasteiger partial charge in [-0.15, -0.1) is 5.10 Å². The second kappa shape index (κ2) is 11.7. The third kappa shape index (κ3) is 6.84. The number of nitrogens with zero attached hydrogens (tertiary/aromatic N) is 3. The molecule has 4 N–H and O–H groups in total. The summed E-state index contributed by atoms with van der Waals surface area (Å²) < 4.78 is 1.41. The first-order chi connectivity index (χ1) is 16.8. The molecule has 8 heteroatoms. The van der Waals surface area contributed by atoms with Crippen molar-refractivity contribution >= 4 is 11.9 Å². The van der Waals surface area contributed by atoms with Crippen molar-refractivity contribution in [2.45, 2.75) is 32.9 Å². The molecule has 0 aliphatic carbocycles. The van der Waals surface area contributed by atoms with Gasteiger partial charge in [0.1, 0.15) is 0 Å². The number of carboxylic acids is 1. The number of aromatic carboxylic acids is 1. The molecule has 180 valence electrons. The van der Waals surface area contributed by atoms with Crippen molar-refractivity contribution in [3.8, 4) is 5.69 Å². The summed E-state index contributed by atoms with van der Waals surface area (Å²) in [5.74, 6) is -1.37. The Labute approximate surface area is 204 Å². The van der Waals surface area contributed by atoms with E-state index in [4.69, 9.17) is 10.8 Å². The number of benzene rings is 3. The number of hydrogen-bond acceptors (Lipinski definition) is 5. The molecule has 0 spiro atoms. The molecule has 0 aliphatic heterocycles. The fourth-order valence-electron chi connectivity index (χ4n) is 3.33. The Morgan fingerprint density at radius 1 is 0.943 bits per heavy atom. The van der Waals surface area contributed by atoms with Crippen LogP contribution in [0.3, 0.4) is 0 Å². The van der Waals surface area contributed by atoms with Gasteiger partial charge in [0.25, 0.3) is 5.91 Å². The Balaban J connectivity index is 0.000000320. The topological polar surface area (TPSA) is 123 Å².